The molecule has 1 atom stereocenters. The van der Waals surface area contributed by atoms with Crippen molar-refractivity contribution in [2.75, 3.05) is 5.32 Å². The lowest BCUT2D eigenvalue weighted by Crippen LogP contribution is -2.36. The Bertz CT molecular complexity index is 408. The van der Waals surface area contributed by atoms with Crippen molar-refractivity contribution in [3.8, 4) is 0 Å². The third kappa shape index (κ3) is 3.87. The molecule has 0 aliphatic rings. The van der Waals surface area contributed by atoms with E-state index in [-0.39, 0.29) is 12.8 Å². The van der Waals surface area contributed by atoms with Gasteiger partial charge in [-0.1, -0.05) is 0 Å². The topological polar surface area (TPSA) is 110 Å². The maximum Gasteiger partial charge on any atom is 0.303 e. The lowest BCUT2D eigenvalue weighted by Gasteiger charge is -2.08. The molecular weight excluding hydrogens is 224 g/mol. The fraction of sp³-hybridized carbons (Fsp3) is 0.500. The Kier molecular flexibility index (Phi) is 4.22. The maximum absolute atomic E-state index is 11.6. The van der Waals surface area contributed by atoms with Gasteiger partial charge in [0.15, 0.2) is 5.82 Å². The number of nitrogens with one attached hydrogen (secondary N) is 1. The number of nitrogens with two attached hydrogens (primary N) is 1. The van der Waals surface area contributed by atoms with Crippen LogP contribution in [0.15, 0.2) is 6.07 Å². The van der Waals surface area contributed by atoms with E-state index in [1.54, 1.807) is 17.8 Å². The summed E-state index contributed by atoms with van der Waals surface area (Å²) in [4.78, 5) is 21.9. The number of hydrogen-bond donors (Lipinski definition) is 3. The van der Waals surface area contributed by atoms with Gasteiger partial charge in [0, 0.05) is 25.2 Å². The summed E-state index contributed by atoms with van der Waals surface area (Å²) in [6.07, 6.45) is -0.0250. The minimum Gasteiger partial charge on any atom is -0.481 e. The van der Waals surface area contributed by atoms with E-state index in [1.807, 2.05) is 6.92 Å². The standard InChI is InChI=1S/C10H16N4O3/c1-6-5-8(13-14(6)2)12-10(17)7(11)3-4-9(15)16/h5,7H,3-4,11H2,1-2H3,(H,15,16)(H,12,13,17). The second-order valence-corrected chi connectivity index (χ2v) is 3.82. The normalized spacial score (nSPS) is 12.2. The summed E-state index contributed by atoms with van der Waals surface area (Å²) in [6.45, 7) is 1.85. The number of hydrogen-bond acceptors (Lipinski definition) is 4. The molecule has 0 fully saturated rings. The van der Waals surface area contributed by atoms with Crippen LogP contribution in [0.2, 0.25) is 0 Å². The molecule has 94 valence electrons. The predicted octanol–water partition coefficient (Wildman–Crippen LogP) is -0.141. The van der Waals surface area contributed by atoms with Gasteiger partial charge in [0.2, 0.25) is 5.91 Å². The third-order valence-electron chi connectivity index (χ3n) is 2.37. The van der Waals surface area contributed by atoms with E-state index in [2.05, 4.69) is 10.4 Å². The van der Waals surface area contributed by atoms with Gasteiger partial charge in [0.1, 0.15) is 0 Å². The zero-order valence-corrected chi connectivity index (χ0v) is 9.80. The molecule has 0 spiro atoms. The summed E-state index contributed by atoms with van der Waals surface area (Å²) >= 11 is 0. The largest absolute Gasteiger partial charge is 0.481 e. The van der Waals surface area contributed by atoms with Gasteiger partial charge in [-0.25, -0.2) is 0 Å². The van der Waals surface area contributed by atoms with Crippen molar-refractivity contribution < 1.29 is 14.7 Å². The van der Waals surface area contributed by atoms with Crippen LogP contribution in [-0.2, 0) is 16.6 Å². The van der Waals surface area contributed by atoms with Crippen molar-refractivity contribution in [1.29, 1.82) is 0 Å². The van der Waals surface area contributed by atoms with Crippen LogP contribution in [0.3, 0.4) is 0 Å². The van der Waals surface area contributed by atoms with Gasteiger partial charge in [-0.05, 0) is 13.3 Å². The van der Waals surface area contributed by atoms with Gasteiger partial charge in [0.25, 0.3) is 0 Å². The summed E-state index contributed by atoms with van der Waals surface area (Å²) in [7, 11) is 1.76. The molecule has 1 heterocycles. The van der Waals surface area contributed by atoms with Crippen molar-refractivity contribution in [1.82, 2.24) is 9.78 Å². The van der Waals surface area contributed by atoms with E-state index in [0.29, 0.717) is 5.82 Å². The molecule has 1 aromatic heterocycles. The predicted molar refractivity (Wildman–Crippen MR) is 61.4 cm³/mol. The van der Waals surface area contributed by atoms with E-state index < -0.39 is 17.9 Å². The first kappa shape index (κ1) is 13.2. The van der Waals surface area contributed by atoms with Gasteiger partial charge in [-0.3, -0.25) is 14.3 Å². The van der Waals surface area contributed by atoms with Gasteiger partial charge in [0.05, 0.1) is 6.04 Å². The van der Waals surface area contributed by atoms with Crippen molar-refractivity contribution in [3.63, 3.8) is 0 Å². The monoisotopic (exact) mass is 240 g/mol. The van der Waals surface area contributed by atoms with Crippen LogP contribution in [0, 0.1) is 6.92 Å². The second kappa shape index (κ2) is 5.44. The van der Waals surface area contributed by atoms with Crippen LogP contribution in [-0.4, -0.2) is 32.8 Å². The maximum atomic E-state index is 11.6. The quantitative estimate of drug-likeness (QED) is 0.663. The van der Waals surface area contributed by atoms with E-state index in [4.69, 9.17) is 10.8 Å². The highest BCUT2D eigenvalue weighted by atomic mass is 16.4. The van der Waals surface area contributed by atoms with Crippen LogP contribution in [0.1, 0.15) is 18.5 Å². The number of carbonyl (C=O) groups is 2. The molecule has 0 bridgehead atoms. The van der Waals surface area contributed by atoms with E-state index >= 15 is 0 Å². The van der Waals surface area contributed by atoms with Crippen LogP contribution in [0.25, 0.3) is 0 Å². The molecule has 4 N–H and O–H groups in total. The Morgan fingerprint density at radius 2 is 2.29 bits per heavy atom. The number of carboxylic acid groups (broad SMARTS) is 1. The number of aryl methyl sites for hydroxylation is 2. The molecule has 0 aliphatic carbocycles. The Morgan fingerprint density at radius 1 is 1.65 bits per heavy atom. The molecule has 1 amide bonds. The van der Waals surface area contributed by atoms with E-state index in [0.717, 1.165) is 5.69 Å². The molecule has 1 unspecified atom stereocenters. The minimum absolute atomic E-state index is 0.104. The molecule has 17 heavy (non-hydrogen) atoms. The summed E-state index contributed by atoms with van der Waals surface area (Å²) in [5.41, 5.74) is 6.45. The number of nitrogens with zero attached hydrogens (tertiary/aromatic N) is 2. The number of anilines is 1. The number of carbonyl (C=O) groups excluding carboxylic acids is 1. The highest BCUT2D eigenvalue weighted by Gasteiger charge is 2.16. The molecule has 1 rings (SSSR count). The SMILES string of the molecule is Cc1cc(NC(=O)C(N)CCC(=O)O)nn1C. The number of rotatable bonds is 5. The highest BCUT2D eigenvalue weighted by Crippen LogP contribution is 2.07. The first-order valence-electron chi connectivity index (χ1n) is 5.19. The Morgan fingerprint density at radius 3 is 2.76 bits per heavy atom. The smallest absolute Gasteiger partial charge is 0.303 e. The summed E-state index contributed by atoms with van der Waals surface area (Å²) in [5.74, 6) is -0.980. The molecule has 0 radical (unpaired) electrons. The van der Waals surface area contributed by atoms with E-state index in [1.165, 1.54) is 0 Å². The molecule has 7 nitrogen and oxygen atoms in total. The lowest BCUT2D eigenvalue weighted by atomic mass is 10.1. The van der Waals surface area contributed by atoms with Crippen molar-refractivity contribution in [2.45, 2.75) is 25.8 Å². The molecule has 0 aliphatic heterocycles. The van der Waals surface area contributed by atoms with Crippen LogP contribution in [0.4, 0.5) is 5.82 Å². The Labute approximate surface area is 98.6 Å². The number of aliphatic carboxylic acids is 1. The van der Waals surface area contributed by atoms with E-state index in [9.17, 15) is 9.59 Å². The average molecular weight is 240 g/mol. The summed E-state index contributed by atoms with van der Waals surface area (Å²) in [5, 5.41) is 15.0. The first-order chi connectivity index (χ1) is 7.90. The van der Waals surface area contributed by atoms with Gasteiger partial charge in [-0.15, -0.1) is 0 Å². The fourth-order valence-corrected chi connectivity index (χ4v) is 1.25. The first-order valence-corrected chi connectivity index (χ1v) is 5.19. The van der Waals surface area contributed by atoms with Crippen molar-refractivity contribution in [2.24, 2.45) is 12.8 Å². The van der Waals surface area contributed by atoms with Gasteiger partial charge >= 0.3 is 5.97 Å². The summed E-state index contributed by atoms with van der Waals surface area (Å²) < 4.78 is 1.62. The molecule has 1 aromatic rings. The number of aromatic nitrogens is 2. The zero-order chi connectivity index (χ0) is 13.0. The Hall–Kier alpha value is -1.89. The average Bonchev–Trinajstić information content (AvgIpc) is 2.54. The molecular formula is C10H16N4O3. The number of amides is 1. The molecule has 0 saturated heterocycles. The van der Waals surface area contributed by atoms with Gasteiger partial charge in [-0.2, -0.15) is 5.10 Å². The van der Waals surface area contributed by atoms with Crippen molar-refractivity contribution >= 4 is 17.7 Å². The van der Waals surface area contributed by atoms with Crippen LogP contribution in [0.5, 0.6) is 0 Å². The lowest BCUT2D eigenvalue weighted by molar-refractivity contribution is -0.137. The van der Waals surface area contributed by atoms with Crippen LogP contribution < -0.4 is 11.1 Å². The zero-order valence-electron chi connectivity index (χ0n) is 9.80. The minimum atomic E-state index is -0.970. The molecule has 7 heteroatoms. The van der Waals surface area contributed by atoms with Gasteiger partial charge < -0.3 is 16.2 Å². The van der Waals surface area contributed by atoms with Crippen LogP contribution >= 0.6 is 0 Å². The molecule has 0 saturated carbocycles. The highest BCUT2D eigenvalue weighted by molar-refractivity contribution is 5.94. The number of carboxylic acids is 1. The van der Waals surface area contributed by atoms with Crippen molar-refractivity contribution in [3.05, 3.63) is 11.8 Å². The second-order valence-electron chi connectivity index (χ2n) is 3.82. The Balaban J connectivity index is 2.51. The fourth-order valence-electron chi connectivity index (χ4n) is 1.25. The molecule has 0 aromatic carbocycles. The summed E-state index contributed by atoms with van der Waals surface area (Å²) in [6, 6.07) is 0.871. The third-order valence-corrected chi connectivity index (χ3v) is 2.37.